The quantitative estimate of drug-likeness (QED) is 0.420. The molecule has 1 aromatic rings. The average molecular weight is 368 g/mol. The van der Waals surface area contributed by atoms with E-state index in [2.05, 4.69) is 44.7 Å². The molecule has 2 N–H and O–H groups in total. The maximum Gasteiger partial charge on any atom is 0.191 e. The van der Waals surface area contributed by atoms with Crippen LogP contribution in [-0.2, 0) is 11.3 Å². The second-order valence-electron chi connectivity index (χ2n) is 6.86. The third-order valence-corrected chi connectivity index (χ3v) is 5.67. The maximum absolute atomic E-state index is 5.13. The highest BCUT2D eigenvalue weighted by Crippen LogP contribution is 2.19. The van der Waals surface area contributed by atoms with Gasteiger partial charge in [-0.3, -0.25) is 4.99 Å². The van der Waals surface area contributed by atoms with Gasteiger partial charge in [-0.15, -0.1) is 11.3 Å². The lowest BCUT2D eigenvalue weighted by Crippen LogP contribution is -2.48. The fourth-order valence-electron chi connectivity index (χ4n) is 2.96. The molecule has 25 heavy (non-hydrogen) atoms. The van der Waals surface area contributed by atoms with Crippen molar-refractivity contribution in [2.75, 3.05) is 40.4 Å². The van der Waals surface area contributed by atoms with E-state index in [9.17, 15) is 0 Å². The lowest BCUT2D eigenvalue weighted by atomic mass is 10.1. The Hall–Kier alpha value is -1.18. The Kier molecular flexibility index (Phi) is 8.64. The highest BCUT2D eigenvalue weighted by atomic mass is 32.1. The van der Waals surface area contributed by atoms with Gasteiger partial charge in [-0.25, -0.2) is 4.98 Å². The molecule has 1 aliphatic heterocycles. The highest BCUT2D eigenvalue weighted by molar-refractivity contribution is 7.09. The summed E-state index contributed by atoms with van der Waals surface area (Å²) in [5.41, 5.74) is 1.09. The number of ether oxygens (including phenoxy) is 1. The molecule has 7 heteroatoms. The van der Waals surface area contributed by atoms with E-state index in [0.717, 1.165) is 63.7 Å². The molecule has 2 rings (SSSR count). The first-order valence-electron chi connectivity index (χ1n) is 9.25. The number of hydrogen-bond donors (Lipinski definition) is 2. The van der Waals surface area contributed by atoms with Crippen molar-refractivity contribution >= 4 is 17.3 Å². The summed E-state index contributed by atoms with van der Waals surface area (Å²) in [7, 11) is 3.60. The van der Waals surface area contributed by atoms with E-state index in [-0.39, 0.29) is 0 Å². The second-order valence-corrected chi connectivity index (χ2v) is 7.75. The van der Waals surface area contributed by atoms with Crippen LogP contribution in [0.25, 0.3) is 0 Å². The minimum Gasteiger partial charge on any atom is -0.385 e. The number of guanidine groups is 1. The van der Waals surface area contributed by atoms with E-state index in [0.29, 0.717) is 12.0 Å². The van der Waals surface area contributed by atoms with Gasteiger partial charge in [0.2, 0.25) is 0 Å². The number of aromatic nitrogens is 1. The summed E-state index contributed by atoms with van der Waals surface area (Å²) in [6.45, 7) is 9.35. The summed E-state index contributed by atoms with van der Waals surface area (Å²) in [6.07, 6.45) is 3.42. The van der Waals surface area contributed by atoms with Gasteiger partial charge in [0.25, 0.3) is 0 Å². The number of aliphatic imine (C=N–C) groups is 1. The van der Waals surface area contributed by atoms with Gasteiger partial charge < -0.3 is 20.3 Å². The molecule has 142 valence electrons. The molecular weight excluding hydrogens is 334 g/mol. The SMILES string of the molecule is CN=C(NCc1csc(C(C)C)n1)NC1CCN(CCCOC)CC1. The molecule has 0 bridgehead atoms. The van der Waals surface area contributed by atoms with Crippen molar-refractivity contribution in [3.05, 3.63) is 16.1 Å². The minimum absolute atomic E-state index is 0.491. The van der Waals surface area contributed by atoms with Crippen LogP contribution in [-0.4, -0.2) is 62.3 Å². The smallest absolute Gasteiger partial charge is 0.191 e. The molecule has 2 heterocycles. The Morgan fingerprint density at radius 1 is 1.44 bits per heavy atom. The lowest BCUT2D eigenvalue weighted by molar-refractivity contribution is 0.155. The molecule has 0 radical (unpaired) electrons. The minimum atomic E-state index is 0.491. The van der Waals surface area contributed by atoms with Gasteiger partial charge in [0.05, 0.1) is 17.2 Å². The molecular formula is C18H33N5OS. The monoisotopic (exact) mass is 367 g/mol. The summed E-state index contributed by atoms with van der Waals surface area (Å²) in [6, 6.07) is 0.492. The molecule has 0 aliphatic carbocycles. The fourth-order valence-corrected chi connectivity index (χ4v) is 3.80. The van der Waals surface area contributed by atoms with E-state index in [4.69, 9.17) is 4.74 Å². The Morgan fingerprint density at radius 3 is 2.80 bits per heavy atom. The number of nitrogens with one attached hydrogen (secondary N) is 2. The molecule has 0 unspecified atom stereocenters. The van der Waals surface area contributed by atoms with Gasteiger partial charge in [-0.1, -0.05) is 13.8 Å². The van der Waals surface area contributed by atoms with Crippen molar-refractivity contribution in [1.82, 2.24) is 20.5 Å². The number of thiazole rings is 1. The van der Waals surface area contributed by atoms with E-state index >= 15 is 0 Å². The maximum atomic E-state index is 5.13. The van der Waals surface area contributed by atoms with E-state index in [1.54, 1.807) is 18.4 Å². The molecule has 1 aromatic heterocycles. The van der Waals surface area contributed by atoms with Crippen molar-refractivity contribution < 1.29 is 4.74 Å². The second kappa shape index (κ2) is 10.7. The van der Waals surface area contributed by atoms with Crippen LogP contribution in [0.15, 0.2) is 10.4 Å². The molecule has 0 amide bonds. The van der Waals surface area contributed by atoms with Gasteiger partial charge in [0.1, 0.15) is 0 Å². The van der Waals surface area contributed by atoms with Crippen LogP contribution < -0.4 is 10.6 Å². The third-order valence-electron chi connectivity index (χ3n) is 4.48. The number of nitrogens with zero attached hydrogens (tertiary/aromatic N) is 3. The lowest BCUT2D eigenvalue weighted by Gasteiger charge is -2.33. The topological polar surface area (TPSA) is 61.8 Å². The summed E-state index contributed by atoms with van der Waals surface area (Å²) in [4.78, 5) is 11.5. The average Bonchev–Trinajstić information content (AvgIpc) is 3.09. The summed E-state index contributed by atoms with van der Waals surface area (Å²) >= 11 is 1.73. The van der Waals surface area contributed by atoms with Gasteiger partial charge in [0, 0.05) is 57.7 Å². The van der Waals surface area contributed by atoms with Crippen LogP contribution in [0.4, 0.5) is 0 Å². The Bertz CT molecular complexity index is 523. The molecule has 0 aromatic carbocycles. The Balaban J connectivity index is 1.70. The van der Waals surface area contributed by atoms with Crippen molar-refractivity contribution in [2.24, 2.45) is 4.99 Å². The highest BCUT2D eigenvalue weighted by Gasteiger charge is 2.19. The Labute approximate surface area is 156 Å². The Morgan fingerprint density at radius 2 is 2.20 bits per heavy atom. The zero-order chi connectivity index (χ0) is 18.1. The zero-order valence-electron chi connectivity index (χ0n) is 16.0. The molecule has 0 saturated carbocycles. The number of likely N-dealkylation sites (tertiary alicyclic amines) is 1. The van der Waals surface area contributed by atoms with Gasteiger partial charge in [0.15, 0.2) is 5.96 Å². The van der Waals surface area contributed by atoms with Crippen LogP contribution in [0.2, 0.25) is 0 Å². The van der Waals surface area contributed by atoms with Gasteiger partial charge in [-0.2, -0.15) is 0 Å². The van der Waals surface area contributed by atoms with Gasteiger partial charge in [-0.05, 0) is 19.3 Å². The predicted molar refractivity (Wildman–Crippen MR) is 105 cm³/mol. The number of piperidine rings is 1. The van der Waals surface area contributed by atoms with Crippen LogP contribution in [0.3, 0.4) is 0 Å². The van der Waals surface area contributed by atoms with Gasteiger partial charge >= 0.3 is 0 Å². The number of methoxy groups -OCH3 is 1. The first-order chi connectivity index (χ1) is 12.1. The standard InChI is InChI=1S/C18H33N5OS/c1-14(2)17-21-16(13-25-17)12-20-18(19-3)22-15-6-9-23(10-7-15)8-5-11-24-4/h13-15H,5-12H2,1-4H3,(H2,19,20,22). The van der Waals surface area contributed by atoms with E-state index in [1.165, 1.54) is 5.01 Å². The molecule has 6 nitrogen and oxygen atoms in total. The van der Waals surface area contributed by atoms with Crippen molar-refractivity contribution in [3.63, 3.8) is 0 Å². The summed E-state index contributed by atoms with van der Waals surface area (Å²) in [5, 5.41) is 10.3. The van der Waals surface area contributed by atoms with Crippen molar-refractivity contribution in [3.8, 4) is 0 Å². The van der Waals surface area contributed by atoms with Crippen LogP contribution in [0.1, 0.15) is 49.7 Å². The van der Waals surface area contributed by atoms with E-state index in [1.807, 2.05) is 7.05 Å². The largest absolute Gasteiger partial charge is 0.385 e. The van der Waals surface area contributed by atoms with Crippen molar-refractivity contribution in [2.45, 2.75) is 51.6 Å². The molecule has 1 saturated heterocycles. The number of hydrogen-bond acceptors (Lipinski definition) is 5. The molecule has 1 aliphatic rings. The molecule has 0 atom stereocenters. The predicted octanol–water partition coefficient (Wildman–Crippen LogP) is 2.43. The van der Waals surface area contributed by atoms with Crippen LogP contribution in [0, 0.1) is 0 Å². The first kappa shape index (κ1) is 20.1. The molecule has 1 fully saturated rings. The summed E-state index contributed by atoms with van der Waals surface area (Å²) < 4.78 is 5.13. The third kappa shape index (κ3) is 6.92. The fraction of sp³-hybridized carbons (Fsp3) is 0.778. The first-order valence-corrected chi connectivity index (χ1v) is 10.1. The van der Waals surface area contributed by atoms with Crippen molar-refractivity contribution in [1.29, 1.82) is 0 Å². The summed E-state index contributed by atoms with van der Waals surface area (Å²) in [5.74, 6) is 1.36. The van der Waals surface area contributed by atoms with E-state index < -0.39 is 0 Å². The van der Waals surface area contributed by atoms with Crippen LogP contribution in [0.5, 0.6) is 0 Å². The zero-order valence-corrected chi connectivity index (χ0v) is 16.9. The van der Waals surface area contributed by atoms with Crippen LogP contribution >= 0.6 is 11.3 Å². The molecule has 0 spiro atoms. The normalized spacial score (nSPS) is 17.2. The number of rotatable bonds is 8.